The molecule has 0 spiro atoms. The lowest BCUT2D eigenvalue weighted by molar-refractivity contribution is 0.539. The van der Waals surface area contributed by atoms with Gasteiger partial charge in [0.15, 0.2) is 5.65 Å². The molecular weight excluding hydrogens is 356 g/mol. The van der Waals surface area contributed by atoms with Gasteiger partial charge in [-0.2, -0.15) is 10.1 Å². The van der Waals surface area contributed by atoms with Gasteiger partial charge >= 0.3 is 0 Å². The van der Waals surface area contributed by atoms with Crippen LogP contribution in [0.2, 0.25) is 0 Å². The molecule has 3 aromatic heterocycles. The van der Waals surface area contributed by atoms with Gasteiger partial charge in [0.25, 0.3) is 0 Å². The van der Waals surface area contributed by atoms with Crippen molar-refractivity contribution in [3.05, 3.63) is 55.1 Å². The van der Waals surface area contributed by atoms with E-state index in [1.165, 1.54) is 0 Å². The normalized spacial score (nSPS) is 11.7. The van der Waals surface area contributed by atoms with Crippen LogP contribution in [0.4, 0.5) is 11.6 Å². The van der Waals surface area contributed by atoms with Crippen molar-refractivity contribution >= 4 is 28.5 Å². The number of fused-ring (bicyclic) bond motifs is 1. The maximum atomic E-state index is 8.78. The molecule has 0 aliphatic carbocycles. The molecule has 0 bridgehead atoms. The monoisotopic (exact) mass is 371 g/mol. The summed E-state index contributed by atoms with van der Waals surface area (Å²) in [4.78, 5) is 8.94. The number of rotatable bonds is 3. The summed E-state index contributed by atoms with van der Waals surface area (Å²) in [5.41, 5.74) is 3.29. The summed E-state index contributed by atoms with van der Waals surface area (Å²) in [6.45, 7) is 0. The van der Waals surface area contributed by atoms with Gasteiger partial charge in [0.1, 0.15) is 5.69 Å². The fourth-order valence-electron chi connectivity index (χ4n) is 2.27. The van der Waals surface area contributed by atoms with Gasteiger partial charge in [-0.3, -0.25) is 19.0 Å². The summed E-state index contributed by atoms with van der Waals surface area (Å²) in [5.74, 6) is 0.532. The molecule has 1 atom stereocenters. The van der Waals surface area contributed by atoms with Crippen LogP contribution in [0, 0.1) is 0 Å². The van der Waals surface area contributed by atoms with E-state index in [2.05, 4.69) is 30.6 Å². The van der Waals surface area contributed by atoms with Crippen LogP contribution in [-0.4, -0.2) is 38.1 Å². The molecule has 11 heteroatoms. The molecule has 0 amide bonds. The molecule has 0 saturated heterocycles. The largest absolute Gasteiger partial charge is 0.760 e. The van der Waals surface area contributed by atoms with Gasteiger partial charge in [0, 0.05) is 48.2 Å². The van der Waals surface area contributed by atoms with Gasteiger partial charge in [-0.05, 0) is 12.1 Å². The topological polar surface area (TPSA) is 139 Å². The predicted molar refractivity (Wildman–Crippen MR) is 95.8 cm³/mol. The van der Waals surface area contributed by atoms with Crippen LogP contribution >= 0.6 is 0 Å². The molecular formula is C15H15N8O2S-. The minimum Gasteiger partial charge on any atom is -0.760 e. The summed E-state index contributed by atoms with van der Waals surface area (Å²) in [5, 5.41) is 15.8. The number of aromatic nitrogens is 6. The third-order valence-electron chi connectivity index (χ3n) is 3.26. The Morgan fingerprint density at radius 3 is 2.65 bits per heavy atom. The third kappa shape index (κ3) is 4.27. The van der Waals surface area contributed by atoms with Gasteiger partial charge in [0.2, 0.25) is 5.95 Å². The van der Waals surface area contributed by atoms with Gasteiger partial charge in [0.05, 0.1) is 6.20 Å². The van der Waals surface area contributed by atoms with Crippen LogP contribution in [0.1, 0.15) is 0 Å². The van der Waals surface area contributed by atoms with Crippen molar-refractivity contribution in [2.75, 3.05) is 5.32 Å². The number of nitrogens with two attached hydrogens (primary N) is 1. The fourth-order valence-corrected chi connectivity index (χ4v) is 2.27. The SMILES string of the molecule is Cn1cc(-c2nccn3nc(Nc4ccccc4)nc23)cn1.NS(=O)[O-]. The Kier molecular flexibility index (Phi) is 5.31. The van der Waals surface area contributed by atoms with Crippen LogP contribution in [0.3, 0.4) is 0 Å². The average Bonchev–Trinajstić information content (AvgIpc) is 3.20. The number of nitrogens with zero attached hydrogens (tertiary/aromatic N) is 6. The van der Waals surface area contributed by atoms with Crippen LogP contribution in [0.15, 0.2) is 55.1 Å². The lowest BCUT2D eigenvalue weighted by atomic mass is 10.2. The minimum absolute atomic E-state index is 0.532. The van der Waals surface area contributed by atoms with Crippen molar-refractivity contribution in [2.45, 2.75) is 0 Å². The summed E-state index contributed by atoms with van der Waals surface area (Å²) >= 11 is -2.36. The zero-order chi connectivity index (χ0) is 18.5. The van der Waals surface area contributed by atoms with Crippen LogP contribution in [0.25, 0.3) is 16.9 Å². The Bertz CT molecular complexity index is 1030. The second-order valence-corrected chi connectivity index (χ2v) is 5.65. The molecule has 0 aliphatic heterocycles. The first-order valence-corrected chi connectivity index (χ1v) is 8.53. The fraction of sp³-hybridized carbons (Fsp3) is 0.0667. The molecule has 0 fully saturated rings. The van der Waals surface area contributed by atoms with Crippen LogP contribution in [-0.2, 0) is 18.3 Å². The minimum atomic E-state index is -2.36. The smallest absolute Gasteiger partial charge is 0.247 e. The molecule has 1 aromatic carbocycles. The molecule has 1 unspecified atom stereocenters. The molecule has 4 rings (SSSR count). The van der Waals surface area contributed by atoms with E-state index in [1.807, 2.05) is 43.6 Å². The molecule has 10 nitrogen and oxygen atoms in total. The molecule has 3 heterocycles. The molecule has 4 aromatic rings. The van der Waals surface area contributed by atoms with Crippen molar-refractivity contribution in [3.8, 4) is 11.3 Å². The first-order chi connectivity index (χ1) is 12.5. The second kappa shape index (κ2) is 7.82. The number of para-hydroxylation sites is 1. The van der Waals surface area contributed by atoms with Crippen molar-refractivity contribution in [3.63, 3.8) is 0 Å². The number of benzene rings is 1. The maximum Gasteiger partial charge on any atom is 0.247 e. The Balaban J connectivity index is 0.000000447. The highest BCUT2D eigenvalue weighted by Gasteiger charge is 2.12. The van der Waals surface area contributed by atoms with Gasteiger partial charge in [-0.1, -0.05) is 18.2 Å². The second-order valence-electron chi connectivity index (χ2n) is 5.13. The quantitative estimate of drug-likeness (QED) is 0.512. The van der Waals surface area contributed by atoms with E-state index in [0.29, 0.717) is 11.6 Å². The van der Waals surface area contributed by atoms with E-state index >= 15 is 0 Å². The van der Waals surface area contributed by atoms with Crippen LogP contribution in [0.5, 0.6) is 0 Å². The van der Waals surface area contributed by atoms with Crippen molar-refractivity contribution in [2.24, 2.45) is 12.2 Å². The van der Waals surface area contributed by atoms with Gasteiger partial charge in [-0.15, -0.1) is 5.10 Å². The Morgan fingerprint density at radius 1 is 1.27 bits per heavy atom. The predicted octanol–water partition coefficient (Wildman–Crippen LogP) is 1.01. The van der Waals surface area contributed by atoms with E-state index in [9.17, 15) is 0 Å². The molecule has 3 N–H and O–H groups in total. The molecule has 26 heavy (non-hydrogen) atoms. The highest BCUT2D eigenvalue weighted by atomic mass is 32.2. The Hall–Kier alpha value is -3.15. The summed E-state index contributed by atoms with van der Waals surface area (Å²) < 4.78 is 21.0. The summed E-state index contributed by atoms with van der Waals surface area (Å²) in [6, 6.07) is 9.81. The van der Waals surface area contributed by atoms with E-state index < -0.39 is 11.3 Å². The first-order valence-electron chi connectivity index (χ1n) is 7.39. The molecule has 134 valence electrons. The highest BCUT2D eigenvalue weighted by molar-refractivity contribution is 7.76. The van der Waals surface area contributed by atoms with E-state index in [4.69, 9.17) is 8.76 Å². The van der Waals surface area contributed by atoms with Gasteiger partial charge < -0.3 is 9.87 Å². The third-order valence-corrected chi connectivity index (χ3v) is 3.26. The number of anilines is 2. The summed E-state index contributed by atoms with van der Waals surface area (Å²) in [7, 11) is 1.87. The van der Waals surface area contributed by atoms with Crippen molar-refractivity contribution in [1.82, 2.24) is 29.4 Å². The highest BCUT2D eigenvalue weighted by Crippen LogP contribution is 2.22. The standard InChI is InChI=1S/C15H13N7.H3NO2S/c1-21-10-11(9-17-21)13-14-19-15(20-22(14)8-7-16-13)18-12-5-3-2-4-6-12;1-4(2)3/h2-10H,1H3,(H,18,20);1H2,(H,2,3)/p-1. The number of hydrogen-bond acceptors (Lipinski definition) is 7. The summed E-state index contributed by atoms with van der Waals surface area (Å²) in [6.07, 6.45) is 7.15. The first kappa shape index (κ1) is 17.7. The lowest BCUT2D eigenvalue weighted by Gasteiger charge is -1.98. The van der Waals surface area contributed by atoms with Crippen LogP contribution < -0.4 is 10.5 Å². The molecule has 0 aliphatic rings. The lowest BCUT2D eigenvalue weighted by Crippen LogP contribution is -1.97. The van der Waals surface area contributed by atoms with E-state index in [-0.39, 0.29) is 0 Å². The van der Waals surface area contributed by atoms with E-state index in [1.54, 1.807) is 27.8 Å². The van der Waals surface area contributed by atoms with Crippen molar-refractivity contribution < 1.29 is 8.76 Å². The zero-order valence-corrected chi connectivity index (χ0v) is 14.5. The zero-order valence-electron chi connectivity index (χ0n) is 13.7. The number of nitrogens with one attached hydrogen (secondary N) is 1. The molecule has 0 saturated carbocycles. The van der Waals surface area contributed by atoms with E-state index in [0.717, 1.165) is 16.9 Å². The average molecular weight is 371 g/mol. The molecule has 0 radical (unpaired) electrons. The van der Waals surface area contributed by atoms with Gasteiger partial charge in [-0.25, -0.2) is 4.52 Å². The van der Waals surface area contributed by atoms with Crippen molar-refractivity contribution in [1.29, 1.82) is 0 Å². The number of aryl methyl sites for hydroxylation is 1. The Morgan fingerprint density at radius 2 is 2.00 bits per heavy atom. The Labute approximate surface area is 151 Å². The maximum absolute atomic E-state index is 8.78. The number of hydrogen-bond donors (Lipinski definition) is 2.